The molecule has 1 heterocycles. The molecule has 0 bridgehead atoms. The highest BCUT2D eigenvalue weighted by Crippen LogP contribution is 2.12. The molecule has 1 aromatic carbocycles. The molecule has 0 aliphatic rings. The zero-order valence-electron chi connectivity index (χ0n) is 12.4. The Morgan fingerprint density at radius 1 is 1.43 bits per heavy atom. The van der Waals surface area contributed by atoms with Crippen molar-refractivity contribution < 1.29 is 4.79 Å². The lowest BCUT2D eigenvalue weighted by atomic mass is 10.1. The van der Waals surface area contributed by atoms with Gasteiger partial charge in [0.25, 0.3) is 0 Å². The molecule has 0 aliphatic heterocycles. The molecule has 0 aliphatic carbocycles. The van der Waals surface area contributed by atoms with Crippen molar-refractivity contribution in [3.63, 3.8) is 0 Å². The summed E-state index contributed by atoms with van der Waals surface area (Å²) in [6, 6.07) is 7.64. The van der Waals surface area contributed by atoms with E-state index in [4.69, 9.17) is 11.6 Å². The van der Waals surface area contributed by atoms with E-state index in [-0.39, 0.29) is 5.78 Å². The molecule has 2 aromatic rings. The van der Waals surface area contributed by atoms with Gasteiger partial charge in [-0.05, 0) is 37.9 Å². The highest BCUT2D eigenvalue weighted by atomic mass is 35.5. The van der Waals surface area contributed by atoms with Gasteiger partial charge in [0.05, 0.1) is 6.20 Å². The number of carbonyl (C=O) groups is 1. The molecule has 2 rings (SSSR count). The van der Waals surface area contributed by atoms with Crippen LogP contribution >= 0.6 is 11.6 Å². The van der Waals surface area contributed by atoms with Gasteiger partial charge in [0.15, 0.2) is 5.78 Å². The Morgan fingerprint density at radius 3 is 2.81 bits per heavy atom. The molecular weight excluding hydrogens is 286 g/mol. The van der Waals surface area contributed by atoms with Crippen LogP contribution in [0.15, 0.2) is 36.5 Å². The summed E-state index contributed by atoms with van der Waals surface area (Å²) in [5, 5.41) is 0.537. The molecule has 0 saturated carbocycles. The first-order chi connectivity index (χ1) is 9.97. The summed E-state index contributed by atoms with van der Waals surface area (Å²) >= 11 is 5.91. The van der Waals surface area contributed by atoms with E-state index < -0.39 is 0 Å². The Labute approximate surface area is 129 Å². The molecule has 4 nitrogen and oxygen atoms in total. The van der Waals surface area contributed by atoms with Crippen LogP contribution in [0.4, 0.5) is 0 Å². The summed E-state index contributed by atoms with van der Waals surface area (Å²) in [6.07, 6.45) is 4.75. The van der Waals surface area contributed by atoms with E-state index in [0.29, 0.717) is 16.5 Å². The number of halogens is 1. The van der Waals surface area contributed by atoms with Gasteiger partial charge in [-0.25, -0.2) is 4.98 Å². The fourth-order valence-electron chi connectivity index (χ4n) is 1.99. The van der Waals surface area contributed by atoms with Gasteiger partial charge in [0.2, 0.25) is 0 Å². The molecule has 1 aromatic heterocycles. The SMILES string of the molecule is CN(C)Cc1cccc(C(=O)/C=C/c2ncc(Cl)n2C)c1. The van der Waals surface area contributed by atoms with Crippen molar-refractivity contribution in [2.24, 2.45) is 7.05 Å². The van der Waals surface area contributed by atoms with Crippen LogP contribution in [0.5, 0.6) is 0 Å². The maximum absolute atomic E-state index is 12.2. The second-order valence-electron chi connectivity index (χ2n) is 5.13. The topological polar surface area (TPSA) is 38.1 Å². The summed E-state index contributed by atoms with van der Waals surface area (Å²) < 4.78 is 1.72. The molecule has 0 spiro atoms. The van der Waals surface area contributed by atoms with E-state index in [1.165, 1.54) is 6.08 Å². The van der Waals surface area contributed by atoms with Crippen molar-refractivity contribution in [3.05, 3.63) is 58.6 Å². The molecule has 0 amide bonds. The van der Waals surface area contributed by atoms with E-state index in [1.807, 2.05) is 38.4 Å². The Morgan fingerprint density at radius 2 is 2.19 bits per heavy atom. The summed E-state index contributed by atoms with van der Waals surface area (Å²) in [7, 11) is 5.80. The Hall–Kier alpha value is -1.91. The van der Waals surface area contributed by atoms with Crippen molar-refractivity contribution >= 4 is 23.5 Å². The smallest absolute Gasteiger partial charge is 0.185 e. The average Bonchev–Trinajstić information content (AvgIpc) is 2.76. The van der Waals surface area contributed by atoms with Gasteiger partial charge in [0.1, 0.15) is 11.0 Å². The number of carbonyl (C=O) groups excluding carboxylic acids is 1. The number of benzene rings is 1. The minimum absolute atomic E-state index is 0.0465. The molecule has 21 heavy (non-hydrogen) atoms. The average molecular weight is 304 g/mol. The van der Waals surface area contributed by atoms with E-state index in [0.717, 1.165) is 12.1 Å². The van der Waals surface area contributed by atoms with Crippen LogP contribution in [-0.2, 0) is 13.6 Å². The third-order valence-corrected chi connectivity index (χ3v) is 3.41. The first-order valence-electron chi connectivity index (χ1n) is 6.60. The molecule has 0 atom stereocenters. The van der Waals surface area contributed by atoms with Crippen molar-refractivity contribution in [2.75, 3.05) is 14.1 Å². The monoisotopic (exact) mass is 303 g/mol. The second-order valence-corrected chi connectivity index (χ2v) is 5.52. The highest BCUT2D eigenvalue weighted by Gasteiger charge is 2.05. The largest absolute Gasteiger partial charge is 0.319 e. The number of hydrogen-bond donors (Lipinski definition) is 0. The minimum atomic E-state index is -0.0465. The number of imidazole rings is 1. The normalized spacial score (nSPS) is 11.5. The fourth-order valence-corrected chi connectivity index (χ4v) is 2.13. The predicted molar refractivity (Wildman–Crippen MR) is 85.4 cm³/mol. The molecule has 0 N–H and O–H groups in total. The van der Waals surface area contributed by atoms with Gasteiger partial charge in [-0.15, -0.1) is 0 Å². The van der Waals surface area contributed by atoms with Gasteiger partial charge in [-0.1, -0.05) is 29.8 Å². The van der Waals surface area contributed by atoms with E-state index >= 15 is 0 Å². The summed E-state index contributed by atoms with van der Waals surface area (Å²) in [5.41, 5.74) is 1.78. The number of aromatic nitrogens is 2. The molecule has 0 unspecified atom stereocenters. The quantitative estimate of drug-likeness (QED) is 0.629. The Bertz CT molecular complexity index is 674. The molecule has 0 saturated heterocycles. The molecule has 0 radical (unpaired) electrons. The van der Waals surface area contributed by atoms with Gasteiger partial charge < -0.3 is 9.47 Å². The van der Waals surface area contributed by atoms with Crippen LogP contribution in [0, 0.1) is 0 Å². The van der Waals surface area contributed by atoms with Gasteiger partial charge in [-0.3, -0.25) is 4.79 Å². The standard InChI is InChI=1S/C16H18ClN3O/c1-19(2)11-12-5-4-6-13(9-12)14(21)7-8-16-18-10-15(17)20(16)3/h4-10H,11H2,1-3H3/b8-7+. The lowest BCUT2D eigenvalue weighted by Gasteiger charge is -2.09. The third-order valence-electron chi connectivity index (χ3n) is 3.06. The number of allylic oxidation sites excluding steroid dienone is 1. The van der Waals surface area contributed by atoms with Crippen LogP contribution in [-0.4, -0.2) is 34.3 Å². The summed E-state index contributed by atoms with van der Waals surface area (Å²) in [6.45, 7) is 0.805. The molecule has 0 fully saturated rings. The van der Waals surface area contributed by atoms with Crippen molar-refractivity contribution in [2.45, 2.75) is 6.54 Å². The zero-order valence-corrected chi connectivity index (χ0v) is 13.1. The van der Waals surface area contributed by atoms with Gasteiger partial charge in [-0.2, -0.15) is 0 Å². The molecule has 5 heteroatoms. The number of rotatable bonds is 5. The van der Waals surface area contributed by atoms with Crippen molar-refractivity contribution in [1.29, 1.82) is 0 Å². The van der Waals surface area contributed by atoms with E-state index in [9.17, 15) is 4.79 Å². The van der Waals surface area contributed by atoms with Crippen molar-refractivity contribution in [3.8, 4) is 0 Å². The van der Waals surface area contributed by atoms with Crippen LogP contribution in [0.25, 0.3) is 6.08 Å². The Kier molecular flexibility index (Phi) is 4.94. The minimum Gasteiger partial charge on any atom is -0.319 e. The lowest BCUT2D eigenvalue weighted by molar-refractivity contribution is 0.104. The van der Waals surface area contributed by atoms with Crippen LogP contribution in [0.3, 0.4) is 0 Å². The fraction of sp³-hybridized carbons (Fsp3) is 0.250. The Balaban J connectivity index is 2.15. The summed E-state index contributed by atoms with van der Waals surface area (Å²) in [5.74, 6) is 0.604. The second kappa shape index (κ2) is 6.70. The molecule has 110 valence electrons. The van der Waals surface area contributed by atoms with Crippen LogP contribution in [0.1, 0.15) is 21.7 Å². The highest BCUT2D eigenvalue weighted by molar-refractivity contribution is 6.29. The van der Waals surface area contributed by atoms with Gasteiger partial charge >= 0.3 is 0 Å². The number of ketones is 1. The third kappa shape index (κ3) is 4.03. The van der Waals surface area contributed by atoms with Crippen LogP contribution in [0.2, 0.25) is 5.15 Å². The van der Waals surface area contributed by atoms with Crippen LogP contribution < -0.4 is 0 Å². The van der Waals surface area contributed by atoms with Crippen molar-refractivity contribution in [1.82, 2.24) is 14.5 Å². The van der Waals surface area contributed by atoms with Gasteiger partial charge in [0, 0.05) is 19.2 Å². The lowest BCUT2D eigenvalue weighted by Crippen LogP contribution is -2.11. The van der Waals surface area contributed by atoms with E-state index in [1.54, 1.807) is 23.9 Å². The maximum Gasteiger partial charge on any atom is 0.185 e. The predicted octanol–water partition coefficient (Wildman–Crippen LogP) is 3.03. The zero-order chi connectivity index (χ0) is 15.4. The molecular formula is C16H18ClN3O. The number of hydrogen-bond acceptors (Lipinski definition) is 3. The maximum atomic E-state index is 12.2. The first kappa shape index (κ1) is 15.5. The number of nitrogens with zero attached hydrogens (tertiary/aromatic N) is 3. The van der Waals surface area contributed by atoms with E-state index in [2.05, 4.69) is 9.88 Å². The summed E-state index contributed by atoms with van der Waals surface area (Å²) in [4.78, 5) is 18.4. The first-order valence-corrected chi connectivity index (χ1v) is 6.98.